The van der Waals surface area contributed by atoms with Crippen molar-refractivity contribution < 1.29 is 23.9 Å². The van der Waals surface area contributed by atoms with Crippen LogP contribution in [0.15, 0.2) is 36.4 Å². The molecule has 5 heteroatoms. The van der Waals surface area contributed by atoms with Crippen LogP contribution < -0.4 is 0 Å². The molecule has 2 aromatic rings. The van der Waals surface area contributed by atoms with Crippen molar-refractivity contribution in [1.82, 2.24) is 0 Å². The molecule has 0 saturated heterocycles. The van der Waals surface area contributed by atoms with E-state index in [1.54, 1.807) is 6.07 Å². The average molecular weight is 350 g/mol. The van der Waals surface area contributed by atoms with Crippen LogP contribution in [0.1, 0.15) is 47.8 Å². The van der Waals surface area contributed by atoms with Gasteiger partial charge in [-0.15, -0.1) is 0 Å². The minimum atomic E-state index is -0.588. The van der Waals surface area contributed by atoms with Crippen LogP contribution in [0.4, 0.5) is 0 Å². The second-order valence-corrected chi connectivity index (χ2v) is 6.91. The fraction of sp³-hybridized carbons (Fsp3) is 0.286. The normalized spacial score (nSPS) is 20.0. The Labute approximate surface area is 150 Å². The highest BCUT2D eigenvalue weighted by Gasteiger charge is 2.50. The summed E-state index contributed by atoms with van der Waals surface area (Å²) in [6, 6.07) is 11.0. The van der Waals surface area contributed by atoms with E-state index in [1.807, 2.05) is 30.3 Å². The first-order chi connectivity index (χ1) is 12.5. The van der Waals surface area contributed by atoms with Gasteiger partial charge in [0.05, 0.1) is 25.3 Å². The van der Waals surface area contributed by atoms with Gasteiger partial charge in [0, 0.05) is 11.0 Å². The molecular formula is C21H18O5. The maximum Gasteiger partial charge on any atom is 0.339 e. The molecule has 4 rings (SSSR count). The lowest BCUT2D eigenvalue weighted by molar-refractivity contribution is 0.0554. The molecule has 2 aliphatic rings. The van der Waals surface area contributed by atoms with Crippen LogP contribution >= 0.6 is 0 Å². The molecule has 0 saturated carbocycles. The van der Waals surface area contributed by atoms with E-state index in [-0.39, 0.29) is 16.9 Å². The number of ketones is 1. The standard InChI is InChI=1S/C21H18O5/c1-25-19(23)15-8-7-13-10-21(11-16(13)17(15)20(24)26-2)9-12-5-3-4-6-14(12)18(21)22/h3-8H,9-11H2,1-2H3. The molecule has 0 amide bonds. The van der Waals surface area contributed by atoms with Crippen molar-refractivity contribution in [1.29, 1.82) is 0 Å². The summed E-state index contributed by atoms with van der Waals surface area (Å²) in [5.41, 5.74) is 3.26. The minimum absolute atomic E-state index is 0.111. The molecular weight excluding hydrogens is 332 g/mol. The molecule has 0 fully saturated rings. The van der Waals surface area contributed by atoms with E-state index in [4.69, 9.17) is 9.47 Å². The van der Waals surface area contributed by atoms with Crippen LogP contribution in [-0.4, -0.2) is 31.9 Å². The van der Waals surface area contributed by atoms with Crippen molar-refractivity contribution >= 4 is 17.7 Å². The number of hydrogen-bond donors (Lipinski definition) is 0. The van der Waals surface area contributed by atoms with Crippen LogP contribution in [-0.2, 0) is 28.7 Å². The van der Waals surface area contributed by atoms with E-state index in [9.17, 15) is 14.4 Å². The molecule has 2 aliphatic carbocycles. The summed E-state index contributed by atoms with van der Waals surface area (Å²) >= 11 is 0. The van der Waals surface area contributed by atoms with Crippen LogP contribution in [0.5, 0.6) is 0 Å². The first kappa shape index (κ1) is 16.5. The number of carbonyl (C=O) groups excluding carboxylic acids is 3. The molecule has 5 nitrogen and oxygen atoms in total. The Kier molecular flexibility index (Phi) is 3.68. The number of ether oxygens (including phenoxy) is 2. The fourth-order valence-corrected chi connectivity index (χ4v) is 4.35. The number of hydrogen-bond acceptors (Lipinski definition) is 5. The summed E-state index contributed by atoms with van der Waals surface area (Å²) in [7, 11) is 2.55. The molecule has 26 heavy (non-hydrogen) atoms. The van der Waals surface area contributed by atoms with E-state index in [2.05, 4.69) is 0 Å². The van der Waals surface area contributed by atoms with Crippen molar-refractivity contribution in [2.75, 3.05) is 14.2 Å². The van der Waals surface area contributed by atoms with Crippen molar-refractivity contribution in [3.63, 3.8) is 0 Å². The molecule has 0 heterocycles. The zero-order valence-electron chi connectivity index (χ0n) is 14.6. The van der Waals surface area contributed by atoms with Gasteiger partial charge in [0.2, 0.25) is 0 Å². The van der Waals surface area contributed by atoms with E-state index < -0.39 is 17.4 Å². The Morgan fingerprint density at radius 1 is 0.885 bits per heavy atom. The van der Waals surface area contributed by atoms with Crippen LogP contribution in [0.2, 0.25) is 0 Å². The third kappa shape index (κ3) is 2.20. The number of methoxy groups -OCH3 is 2. The second kappa shape index (κ2) is 5.80. The number of benzene rings is 2. The van der Waals surface area contributed by atoms with Crippen molar-refractivity contribution in [2.24, 2.45) is 5.41 Å². The van der Waals surface area contributed by atoms with Crippen molar-refractivity contribution in [2.45, 2.75) is 19.3 Å². The Bertz CT molecular complexity index is 959. The van der Waals surface area contributed by atoms with Gasteiger partial charge in [-0.05, 0) is 42.0 Å². The van der Waals surface area contributed by atoms with Gasteiger partial charge in [-0.1, -0.05) is 30.3 Å². The maximum atomic E-state index is 13.1. The van der Waals surface area contributed by atoms with Gasteiger partial charge in [-0.2, -0.15) is 0 Å². The number of carbonyl (C=O) groups is 3. The Morgan fingerprint density at radius 2 is 1.58 bits per heavy atom. The van der Waals surface area contributed by atoms with Crippen LogP contribution in [0.3, 0.4) is 0 Å². The van der Waals surface area contributed by atoms with Gasteiger partial charge >= 0.3 is 11.9 Å². The van der Waals surface area contributed by atoms with E-state index >= 15 is 0 Å². The maximum absolute atomic E-state index is 13.1. The zero-order valence-corrected chi connectivity index (χ0v) is 14.6. The molecule has 1 atom stereocenters. The molecule has 1 spiro atoms. The number of Topliss-reactive ketones (excluding diaryl/α,β-unsaturated/α-hetero) is 1. The second-order valence-electron chi connectivity index (χ2n) is 6.91. The third-order valence-electron chi connectivity index (χ3n) is 5.52. The van der Waals surface area contributed by atoms with Gasteiger partial charge in [-0.3, -0.25) is 4.79 Å². The zero-order chi connectivity index (χ0) is 18.5. The quantitative estimate of drug-likeness (QED) is 0.779. The summed E-state index contributed by atoms with van der Waals surface area (Å²) < 4.78 is 9.71. The molecule has 1 unspecified atom stereocenters. The molecule has 132 valence electrons. The predicted molar refractivity (Wildman–Crippen MR) is 93.4 cm³/mol. The topological polar surface area (TPSA) is 69.7 Å². The molecule has 0 aliphatic heterocycles. The van der Waals surface area contributed by atoms with Gasteiger partial charge < -0.3 is 9.47 Å². The van der Waals surface area contributed by atoms with E-state index in [0.29, 0.717) is 19.3 Å². The molecule has 0 N–H and O–H groups in total. The van der Waals surface area contributed by atoms with E-state index in [1.165, 1.54) is 14.2 Å². The molecule has 0 radical (unpaired) electrons. The van der Waals surface area contributed by atoms with Gasteiger partial charge in [0.1, 0.15) is 0 Å². The SMILES string of the molecule is COC(=O)c1ccc2c(c1C(=O)OC)CC1(Cc3ccccc3C1=O)C2. The number of rotatable bonds is 2. The molecule has 0 bridgehead atoms. The highest BCUT2D eigenvalue weighted by atomic mass is 16.5. The summed E-state index contributed by atoms with van der Waals surface area (Å²) in [4.78, 5) is 37.6. The minimum Gasteiger partial charge on any atom is -0.465 e. The van der Waals surface area contributed by atoms with Crippen LogP contribution in [0, 0.1) is 5.41 Å². The Morgan fingerprint density at radius 3 is 2.27 bits per heavy atom. The van der Waals surface area contributed by atoms with Crippen molar-refractivity contribution in [3.05, 3.63) is 69.8 Å². The molecule has 0 aromatic heterocycles. The first-order valence-electron chi connectivity index (χ1n) is 8.45. The highest BCUT2D eigenvalue weighted by molar-refractivity contribution is 6.08. The summed E-state index contributed by atoms with van der Waals surface area (Å²) in [6.45, 7) is 0. The Hall–Kier alpha value is -2.95. The lowest BCUT2D eigenvalue weighted by Crippen LogP contribution is -2.28. The summed E-state index contributed by atoms with van der Waals surface area (Å²) in [6.07, 6.45) is 1.62. The van der Waals surface area contributed by atoms with Gasteiger partial charge in [-0.25, -0.2) is 9.59 Å². The summed E-state index contributed by atoms with van der Waals surface area (Å²) in [5, 5.41) is 0. The fourth-order valence-electron chi connectivity index (χ4n) is 4.35. The number of esters is 2. The lowest BCUT2D eigenvalue weighted by atomic mass is 9.80. The van der Waals surface area contributed by atoms with E-state index in [0.717, 1.165) is 22.3 Å². The first-order valence-corrected chi connectivity index (χ1v) is 8.45. The third-order valence-corrected chi connectivity index (χ3v) is 5.52. The monoisotopic (exact) mass is 350 g/mol. The number of fused-ring (bicyclic) bond motifs is 2. The largest absolute Gasteiger partial charge is 0.465 e. The average Bonchev–Trinajstić information content (AvgIpc) is 3.17. The Balaban J connectivity index is 1.82. The molecule has 2 aromatic carbocycles. The lowest BCUT2D eigenvalue weighted by Gasteiger charge is -2.20. The van der Waals surface area contributed by atoms with Crippen LogP contribution in [0.25, 0.3) is 0 Å². The highest BCUT2D eigenvalue weighted by Crippen LogP contribution is 2.48. The summed E-state index contributed by atoms with van der Waals surface area (Å²) in [5.74, 6) is -1.06. The predicted octanol–water partition coefficient (Wildman–Crippen LogP) is 2.78. The van der Waals surface area contributed by atoms with Gasteiger partial charge in [0.25, 0.3) is 0 Å². The smallest absolute Gasteiger partial charge is 0.339 e. The van der Waals surface area contributed by atoms with Crippen molar-refractivity contribution in [3.8, 4) is 0 Å². The van der Waals surface area contributed by atoms with Gasteiger partial charge in [0.15, 0.2) is 5.78 Å².